The Morgan fingerprint density at radius 1 is 1.14 bits per heavy atom. The first kappa shape index (κ1) is 15.1. The van der Waals surface area contributed by atoms with Gasteiger partial charge in [0.15, 0.2) is 0 Å². The van der Waals surface area contributed by atoms with E-state index in [0.717, 1.165) is 29.9 Å². The Hall–Kier alpha value is -2.34. The molecule has 0 fully saturated rings. The summed E-state index contributed by atoms with van der Waals surface area (Å²) in [4.78, 5) is 16.6. The fourth-order valence-corrected chi connectivity index (χ4v) is 1.90. The van der Waals surface area contributed by atoms with Crippen molar-refractivity contribution in [3.8, 4) is 0 Å². The molecule has 6 nitrogen and oxygen atoms in total. The molecular weight excluding hydrogens is 266 g/mol. The number of nitrogens with zero attached hydrogens (tertiary/aromatic N) is 3. The number of aryl methyl sites for hydroxylation is 2. The van der Waals surface area contributed by atoms with Gasteiger partial charge in [0.2, 0.25) is 5.95 Å². The largest absolute Gasteiger partial charge is 0.319 e. The average molecular weight is 285 g/mol. The lowest BCUT2D eigenvalue weighted by atomic mass is 10.0. The van der Waals surface area contributed by atoms with Crippen molar-refractivity contribution in [2.24, 2.45) is 0 Å². The van der Waals surface area contributed by atoms with Gasteiger partial charge >= 0.3 is 0 Å². The number of rotatable bonds is 5. The topological polar surface area (TPSA) is 79.8 Å². The summed E-state index contributed by atoms with van der Waals surface area (Å²) in [5.74, 6) is 0.0123. The van der Waals surface area contributed by atoms with E-state index in [9.17, 15) is 4.79 Å². The quantitative estimate of drug-likeness (QED) is 0.870. The van der Waals surface area contributed by atoms with Crippen molar-refractivity contribution < 1.29 is 4.79 Å². The van der Waals surface area contributed by atoms with Crippen LogP contribution in [0.3, 0.4) is 0 Å². The summed E-state index contributed by atoms with van der Waals surface area (Å²) < 4.78 is 0. The Balaban J connectivity index is 2.18. The lowest BCUT2D eigenvalue weighted by Crippen LogP contribution is -2.19. The van der Waals surface area contributed by atoms with E-state index in [1.807, 2.05) is 39.1 Å². The number of carbonyl (C=O) groups is 1. The van der Waals surface area contributed by atoms with Crippen molar-refractivity contribution >= 4 is 11.9 Å². The molecular formula is C15H19N5O. The Morgan fingerprint density at radius 2 is 1.90 bits per heavy atom. The van der Waals surface area contributed by atoms with E-state index in [-0.39, 0.29) is 11.9 Å². The van der Waals surface area contributed by atoms with Crippen LogP contribution in [0.2, 0.25) is 0 Å². The van der Waals surface area contributed by atoms with Crippen LogP contribution in [0.5, 0.6) is 0 Å². The number of amides is 1. The van der Waals surface area contributed by atoms with Crippen molar-refractivity contribution in [3.05, 3.63) is 46.8 Å². The van der Waals surface area contributed by atoms with E-state index in [0.29, 0.717) is 5.56 Å². The first-order chi connectivity index (χ1) is 10.1. The second-order valence-electron chi connectivity index (χ2n) is 4.77. The predicted molar refractivity (Wildman–Crippen MR) is 81.3 cm³/mol. The summed E-state index contributed by atoms with van der Waals surface area (Å²) in [5.41, 5.74) is 3.13. The lowest BCUT2D eigenvalue weighted by Gasteiger charge is -2.09. The van der Waals surface area contributed by atoms with Gasteiger partial charge in [-0.15, -0.1) is 5.10 Å². The van der Waals surface area contributed by atoms with Crippen molar-refractivity contribution in [3.63, 3.8) is 0 Å². The highest BCUT2D eigenvalue weighted by atomic mass is 16.1. The molecule has 0 unspecified atom stereocenters. The molecule has 1 aromatic heterocycles. The van der Waals surface area contributed by atoms with E-state index in [1.165, 1.54) is 0 Å². The third-order valence-electron chi connectivity index (χ3n) is 3.22. The first-order valence-corrected chi connectivity index (χ1v) is 6.83. The summed E-state index contributed by atoms with van der Waals surface area (Å²) in [5, 5.41) is 13.6. The van der Waals surface area contributed by atoms with Crippen molar-refractivity contribution in [2.75, 3.05) is 18.9 Å². The van der Waals surface area contributed by atoms with Crippen LogP contribution in [-0.4, -0.2) is 34.7 Å². The molecule has 1 heterocycles. The molecule has 2 rings (SSSR count). The van der Waals surface area contributed by atoms with Crippen molar-refractivity contribution in [2.45, 2.75) is 20.3 Å². The number of hydrogen-bond acceptors (Lipinski definition) is 5. The van der Waals surface area contributed by atoms with Gasteiger partial charge in [0.05, 0.1) is 11.4 Å². The number of hydrogen-bond donors (Lipinski definition) is 2. The van der Waals surface area contributed by atoms with Crippen LogP contribution in [0.1, 0.15) is 27.3 Å². The van der Waals surface area contributed by atoms with Crippen LogP contribution < -0.4 is 10.6 Å². The second kappa shape index (κ2) is 6.90. The van der Waals surface area contributed by atoms with Gasteiger partial charge in [0.1, 0.15) is 0 Å². The molecule has 2 N–H and O–H groups in total. The predicted octanol–water partition coefficient (Wildman–Crippen LogP) is 1.50. The van der Waals surface area contributed by atoms with Crippen LogP contribution >= 0.6 is 0 Å². The van der Waals surface area contributed by atoms with Gasteiger partial charge in [0.25, 0.3) is 5.91 Å². The van der Waals surface area contributed by atoms with Crippen LogP contribution in [-0.2, 0) is 6.42 Å². The number of likely N-dealkylation sites (N-methyl/N-ethyl adjacent to an activating group) is 1. The third-order valence-corrected chi connectivity index (χ3v) is 3.22. The van der Waals surface area contributed by atoms with E-state index < -0.39 is 0 Å². The SMILES string of the molecule is CNCCc1ccccc1C(=O)Nc1nnc(C)c(C)n1. The maximum Gasteiger partial charge on any atom is 0.258 e. The smallest absolute Gasteiger partial charge is 0.258 e. The van der Waals surface area contributed by atoms with Crippen LogP contribution in [0.25, 0.3) is 0 Å². The monoisotopic (exact) mass is 285 g/mol. The molecule has 110 valence electrons. The van der Waals surface area contributed by atoms with Crippen LogP contribution in [0.4, 0.5) is 5.95 Å². The summed E-state index contributed by atoms with van der Waals surface area (Å²) >= 11 is 0. The molecule has 2 aromatic rings. The molecule has 1 aromatic carbocycles. The Kier molecular flexibility index (Phi) is 4.94. The Bertz CT molecular complexity index is 642. The molecule has 0 saturated heterocycles. The zero-order valence-corrected chi connectivity index (χ0v) is 12.5. The highest BCUT2D eigenvalue weighted by Gasteiger charge is 2.12. The number of carbonyl (C=O) groups excluding carboxylic acids is 1. The lowest BCUT2D eigenvalue weighted by molar-refractivity contribution is 0.102. The third kappa shape index (κ3) is 3.82. The van der Waals surface area contributed by atoms with Gasteiger partial charge in [-0.3, -0.25) is 10.1 Å². The zero-order chi connectivity index (χ0) is 15.2. The van der Waals surface area contributed by atoms with Gasteiger partial charge in [-0.1, -0.05) is 18.2 Å². The fourth-order valence-electron chi connectivity index (χ4n) is 1.90. The fraction of sp³-hybridized carbons (Fsp3) is 0.333. The number of aromatic nitrogens is 3. The molecule has 1 amide bonds. The van der Waals surface area contributed by atoms with Gasteiger partial charge in [-0.2, -0.15) is 5.10 Å². The van der Waals surface area contributed by atoms with Crippen LogP contribution in [0.15, 0.2) is 24.3 Å². The second-order valence-corrected chi connectivity index (χ2v) is 4.77. The summed E-state index contributed by atoms with van der Waals surface area (Å²) in [6, 6.07) is 7.52. The molecule has 0 aliphatic rings. The van der Waals surface area contributed by atoms with Crippen LogP contribution in [0, 0.1) is 13.8 Å². The molecule has 6 heteroatoms. The summed E-state index contributed by atoms with van der Waals surface area (Å²) in [6.45, 7) is 4.47. The van der Waals surface area contributed by atoms with Crippen molar-refractivity contribution in [1.29, 1.82) is 0 Å². The molecule has 0 atom stereocenters. The van der Waals surface area contributed by atoms with E-state index in [4.69, 9.17) is 0 Å². The maximum atomic E-state index is 12.4. The highest BCUT2D eigenvalue weighted by Crippen LogP contribution is 2.11. The number of nitrogens with one attached hydrogen (secondary N) is 2. The van der Waals surface area contributed by atoms with E-state index in [1.54, 1.807) is 6.07 Å². The first-order valence-electron chi connectivity index (χ1n) is 6.83. The van der Waals surface area contributed by atoms with Gasteiger partial charge in [-0.05, 0) is 45.5 Å². The molecule has 21 heavy (non-hydrogen) atoms. The van der Waals surface area contributed by atoms with Gasteiger partial charge in [0, 0.05) is 5.56 Å². The number of anilines is 1. The maximum absolute atomic E-state index is 12.4. The molecule has 0 radical (unpaired) electrons. The standard InChI is InChI=1S/C15H19N5O/c1-10-11(2)19-20-15(17-10)18-14(21)13-7-5-4-6-12(13)8-9-16-3/h4-7,16H,8-9H2,1-3H3,(H,17,18,20,21). The van der Waals surface area contributed by atoms with Crippen molar-refractivity contribution in [1.82, 2.24) is 20.5 Å². The molecule has 0 aliphatic carbocycles. The Morgan fingerprint density at radius 3 is 2.62 bits per heavy atom. The minimum absolute atomic E-state index is 0.216. The zero-order valence-electron chi connectivity index (χ0n) is 12.5. The summed E-state index contributed by atoms with van der Waals surface area (Å²) in [7, 11) is 1.89. The molecule has 0 saturated carbocycles. The van der Waals surface area contributed by atoms with E-state index in [2.05, 4.69) is 25.8 Å². The van der Waals surface area contributed by atoms with E-state index >= 15 is 0 Å². The minimum atomic E-state index is -0.216. The van der Waals surface area contributed by atoms with Gasteiger partial charge < -0.3 is 5.32 Å². The Labute approximate surface area is 124 Å². The summed E-state index contributed by atoms with van der Waals surface area (Å²) in [6.07, 6.45) is 0.784. The van der Waals surface area contributed by atoms with Gasteiger partial charge in [-0.25, -0.2) is 4.98 Å². The average Bonchev–Trinajstić information content (AvgIpc) is 2.49. The molecule has 0 bridgehead atoms. The minimum Gasteiger partial charge on any atom is -0.319 e. The highest BCUT2D eigenvalue weighted by molar-refractivity contribution is 6.04. The number of benzene rings is 1. The normalized spacial score (nSPS) is 10.4. The molecule has 0 spiro atoms. The molecule has 0 aliphatic heterocycles.